The van der Waals surface area contributed by atoms with E-state index in [0.29, 0.717) is 28.9 Å². The van der Waals surface area contributed by atoms with Crippen molar-refractivity contribution in [2.24, 2.45) is 0 Å². The lowest BCUT2D eigenvalue weighted by atomic mass is 9.96. The number of hydrogen-bond donors (Lipinski definition) is 2. The van der Waals surface area contributed by atoms with Gasteiger partial charge in [0.1, 0.15) is 12.4 Å². The number of likely N-dealkylation sites (N-methyl/N-ethyl adjacent to an activating group) is 1. The third-order valence-electron chi connectivity index (χ3n) is 6.50. The molecule has 0 saturated heterocycles. The van der Waals surface area contributed by atoms with Gasteiger partial charge in [0.05, 0.1) is 23.9 Å². The zero-order valence-corrected chi connectivity index (χ0v) is 19.7. The summed E-state index contributed by atoms with van der Waals surface area (Å²) in [6, 6.07) is 22.1. The Labute approximate surface area is 208 Å². The average Bonchev–Trinajstić information content (AvgIpc) is 3.20. The molecule has 3 aromatic carbocycles. The van der Waals surface area contributed by atoms with Gasteiger partial charge in [-0.1, -0.05) is 60.7 Å². The van der Waals surface area contributed by atoms with Crippen LogP contribution < -0.4 is 10.6 Å². The van der Waals surface area contributed by atoms with Gasteiger partial charge in [-0.15, -0.1) is 0 Å². The Bertz CT molecular complexity index is 1350. The van der Waals surface area contributed by atoms with Crippen LogP contribution in [-0.4, -0.2) is 47.8 Å². The molecule has 0 aliphatic carbocycles. The molecule has 0 bridgehead atoms. The fourth-order valence-electron chi connectivity index (χ4n) is 4.63. The summed E-state index contributed by atoms with van der Waals surface area (Å²) in [5.74, 6) is -1.07. The number of benzene rings is 3. The van der Waals surface area contributed by atoms with Gasteiger partial charge >= 0.3 is 6.03 Å². The molecule has 36 heavy (non-hydrogen) atoms. The van der Waals surface area contributed by atoms with E-state index in [0.717, 1.165) is 11.1 Å². The molecule has 1 unspecified atom stereocenters. The summed E-state index contributed by atoms with van der Waals surface area (Å²) in [7, 11) is 1.59. The van der Waals surface area contributed by atoms with E-state index >= 15 is 0 Å². The molecule has 0 aromatic heterocycles. The summed E-state index contributed by atoms with van der Waals surface area (Å²) in [4.78, 5) is 41.7. The van der Waals surface area contributed by atoms with Crippen molar-refractivity contribution >= 4 is 23.5 Å². The molecule has 8 heteroatoms. The van der Waals surface area contributed by atoms with Crippen LogP contribution >= 0.6 is 0 Å². The van der Waals surface area contributed by atoms with Crippen molar-refractivity contribution in [1.82, 2.24) is 15.1 Å². The lowest BCUT2D eigenvalue weighted by Crippen LogP contribution is -2.45. The highest BCUT2D eigenvalue weighted by molar-refractivity contribution is 6.04. The molecule has 0 spiro atoms. The monoisotopic (exact) mass is 484 g/mol. The highest BCUT2D eigenvalue weighted by atomic mass is 19.1. The van der Waals surface area contributed by atoms with Crippen molar-refractivity contribution in [3.8, 4) is 0 Å². The van der Waals surface area contributed by atoms with Crippen LogP contribution in [0, 0.1) is 5.82 Å². The van der Waals surface area contributed by atoms with E-state index in [1.165, 1.54) is 21.9 Å². The van der Waals surface area contributed by atoms with Gasteiger partial charge in [0.15, 0.2) is 0 Å². The second kappa shape index (κ2) is 9.65. The Kier molecular flexibility index (Phi) is 6.25. The Hall–Kier alpha value is -4.46. The third-order valence-corrected chi connectivity index (χ3v) is 6.50. The zero-order valence-electron chi connectivity index (χ0n) is 19.7. The van der Waals surface area contributed by atoms with Crippen LogP contribution in [0.5, 0.6) is 0 Å². The van der Waals surface area contributed by atoms with Gasteiger partial charge in [0.25, 0.3) is 5.91 Å². The molecule has 2 aliphatic heterocycles. The Morgan fingerprint density at radius 1 is 1.00 bits per heavy atom. The second-order valence-electron chi connectivity index (χ2n) is 8.88. The van der Waals surface area contributed by atoms with Gasteiger partial charge in [-0.05, 0) is 41.3 Å². The summed E-state index contributed by atoms with van der Waals surface area (Å²) in [5.41, 5.74) is 4.30. The molecule has 3 aromatic rings. The number of anilines is 1. The molecule has 2 heterocycles. The molecule has 4 amide bonds. The SMILES string of the molecule is CN1C(=O)NC(c2ccc(F)cc2)C2=C1CN(CC(=O)Nc1ccccc1Cc1ccccc1)C2=O. The summed E-state index contributed by atoms with van der Waals surface area (Å²) in [6.45, 7) is -0.0292. The first-order valence-corrected chi connectivity index (χ1v) is 11.6. The lowest BCUT2D eigenvalue weighted by molar-refractivity contribution is -0.130. The van der Waals surface area contributed by atoms with Crippen LogP contribution in [0.4, 0.5) is 14.9 Å². The minimum absolute atomic E-state index is 0.134. The van der Waals surface area contributed by atoms with E-state index < -0.39 is 11.9 Å². The van der Waals surface area contributed by atoms with Gasteiger partial charge in [0, 0.05) is 12.7 Å². The predicted octanol–water partition coefficient (Wildman–Crippen LogP) is 3.85. The van der Waals surface area contributed by atoms with Crippen LogP contribution in [0.25, 0.3) is 0 Å². The Balaban J connectivity index is 1.32. The van der Waals surface area contributed by atoms with Gasteiger partial charge < -0.3 is 15.5 Å². The summed E-state index contributed by atoms with van der Waals surface area (Å²) >= 11 is 0. The number of nitrogens with zero attached hydrogens (tertiary/aromatic N) is 2. The van der Waals surface area contributed by atoms with Crippen molar-refractivity contribution in [3.63, 3.8) is 0 Å². The Morgan fingerprint density at radius 2 is 1.69 bits per heavy atom. The molecule has 5 rings (SSSR count). The lowest BCUT2D eigenvalue weighted by Gasteiger charge is -2.31. The van der Waals surface area contributed by atoms with E-state index in [-0.39, 0.29) is 30.9 Å². The standard InChI is InChI=1S/C28H25FN4O3/c1-32-23-16-33(27(35)25(23)26(31-28(32)36)19-11-13-21(29)14-12-19)17-24(34)30-22-10-6-5-9-20(22)15-18-7-3-2-4-8-18/h2-14,26H,15-17H2,1H3,(H,30,34)(H,31,36). The van der Waals surface area contributed by atoms with Gasteiger partial charge in [-0.3, -0.25) is 14.5 Å². The van der Waals surface area contributed by atoms with Crippen LogP contribution in [0.3, 0.4) is 0 Å². The smallest absolute Gasteiger partial charge is 0.322 e. The predicted molar refractivity (Wildman–Crippen MR) is 133 cm³/mol. The number of carbonyl (C=O) groups is 3. The topological polar surface area (TPSA) is 81.8 Å². The maximum Gasteiger partial charge on any atom is 0.322 e. The highest BCUT2D eigenvalue weighted by Crippen LogP contribution is 2.35. The number of hydrogen-bond acceptors (Lipinski definition) is 3. The molecule has 2 N–H and O–H groups in total. The minimum Gasteiger partial charge on any atom is -0.327 e. The quantitative estimate of drug-likeness (QED) is 0.558. The van der Waals surface area contributed by atoms with Crippen molar-refractivity contribution in [1.29, 1.82) is 0 Å². The maximum atomic E-state index is 13.4. The van der Waals surface area contributed by atoms with E-state index in [9.17, 15) is 18.8 Å². The molecule has 7 nitrogen and oxygen atoms in total. The highest BCUT2D eigenvalue weighted by Gasteiger charge is 2.43. The van der Waals surface area contributed by atoms with Crippen molar-refractivity contribution < 1.29 is 18.8 Å². The number of carbonyl (C=O) groups excluding carboxylic acids is 3. The molecule has 2 aliphatic rings. The van der Waals surface area contributed by atoms with Crippen LogP contribution in [0.15, 0.2) is 90.1 Å². The van der Waals surface area contributed by atoms with Crippen molar-refractivity contribution in [2.75, 3.05) is 25.5 Å². The normalized spacial score (nSPS) is 17.2. The van der Waals surface area contributed by atoms with E-state index in [1.54, 1.807) is 19.2 Å². The third kappa shape index (κ3) is 4.57. The first kappa shape index (κ1) is 23.3. The van der Waals surface area contributed by atoms with Crippen molar-refractivity contribution in [2.45, 2.75) is 12.5 Å². The molecule has 0 fully saturated rings. The summed E-state index contributed by atoms with van der Waals surface area (Å²) < 4.78 is 13.4. The number of halogens is 1. The van der Waals surface area contributed by atoms with Crippen LogP contribution in [0.2, 0.25) is 0 Å². The van der Waals surface area contributed by atoms with E-state index in [4.69, 9.17) is 0 Å². The van der Waals surface area contributed by atoms with Crippen molar-refractivity contribution in [3.05, 3.63) is 113 Å². The van der Waals surface area contributed by atoms with Gasteiger partial charge in [-0.25, -0.2) is 9.18 Å². The number of urea groups is 1. The first-order valence-electron chi connectivity index (χ1n) is 11.6. The molecule has 0 radical (unpaired) electrons. The first-order chi connectivity index (χ1) is 17.4. The van der Waals surface area contributed by atoms with Crippen LogP contribution in [0.1, 0.15) is 22.7 Å². The zero-order chi connectivity index (χ0) is 25.2. The van der Waals surface area contributed by atoms with Gasteiger partial charge in [0.2, 0.25) is 5.91 Å². The number of rotatable bonds is 6. The largest absolute Gasteiger partial charge is 0.327 e. The summed E-state index contributed by atoms with van der Waals surface area (Å²) in [6.07, 6.45) is 0.660. The molecular weight excluding hydrogens is 459 g/mol. The second-order valence-corrected chi connectivity index (χ2v) is 8.88. The Morgan fingerprint density at radius 3 is 2.44 bits per heavy atom. The fraction of sp³-hybridized carbons (Fsp3) is 0.179. The molecule has 182 valence electrons. The number of amides is 4. The average molecular weight is 485 g/mol. The molecule has 1 atom stereocenters. The van der Waals surface area contributed by atoms with E-state index in [1.807, 2.05) is 54.6 Å². The molecule has 0 saturated carbocycles. The maximum absolute atomic E-state index is 13.4. The van der Waals surface area contributed by atoms with Crippen LogP contribution in [-0.2, 0) is 16.0 Å². The number of para-hydroxylation sites is 1. The minimum atomic E-state index is -0.712. The molecular formula is C28H25FN4O3. The van der Waals surface area contributed by atoms with Gasteiger partial charge in [-0.2, -0.15) is 0 Å². The van der Waals surface area contributed by atoms with E-state index in [2.05, 4.69) is 10.6 Å². The fourth-order valence-corrected chi connectivity index (χ4v) is 4.63. The summed E-state index contributed by atoms with van der Waals surface area (Å²) in [5, 5.41) is 5.75. The number of nitrogens with one attached hydrogen (secondary N) is 2.